The number of thiophene rings is 1. The van der Waals surface area contributed by atoms with Crippen LogP contribution in [0.5, 0.6) is 0 Å². The lowest BCUT2D eigenvalue weighted by Gasteiger charge is -2.26. The molecule has 0 spiro atoms. The van der Waals surface area contributed by atoms with Gasteiger partial charge >= 0.3 is 0 Å². The van der Waals surface area contributed by atoms with E-state index in [0.29, 0.717) is 6.54 Å². The maximum atomic E-state index is 13.2. The molecule has 0 aliphatic heterocycles. The molecular formula is C24H27N3O2S. The van der Waals surface area contributed by atoms with Crippen LogP contribution >= 0.6 is 11.3 Å². The average Bonchev–Trinajstić information content (AvgIpc) is 3.35. The van der Waals surface area contributed by atoms with Crippen molar-refractivity contribution in [3.05, 3.63) is 75.4 Å². The van der Waals surface area contributed by atoms with Crippen molar-refractivity contribution in [2.75, 3.05) is 0 Å². The molecule has 0 bridgehead atoms. The minimum absolute atomic E-state index is 0.0486. The number of carbonyl (C=O) groups excluding carboxylic acids is 1. The molecule has 1 aromatic carbocycles. The first-order valence-corrected chi connectivity index (χ1v) is 11.3. The topological polar surface area (TPSA) is 64.0 Å². The van der Waals surface area contributed by atoms with Gasteiger partial charge in [-0.25, -0.2) is 4.68 Å². The first-order chi connectivity index (χ1) is 14.4. The monoisotopic (exact) mass is 421 g/mol. The molecule has 5 nitrogen and oxygen atoms in total. The standard InChI is InChI=1S/C24H27N3O2S/c1-16(2)20(15-27-22(28)11-10-19(26-27)21-5-4-14-30-21)25-23(29)24(12-13-24)18-8-6-17(3)7-9-18/h4-11,14,16,20H,12-13,15H2,1-3H3,(H,25,29)/t20-/m1/s1. The van der Waals surface area contributed by atoms with Gasteiger partial charge < -0.3 is 5.32 Å². The van der Waals surface area contributed by atoms with Crippen LogP contribution in [0, 0.1) is 12.8 Å². The van der Waals surface area contributed by atoms with Crippen molar-refractivity contribution < 1.29 is 4.79 Å². The molecule has 1 fully saturated rings. The molecule has 0 saturated heterocycles. The van der Waals surface area contributed by atoms with E-state index < -0.39 is 5.41 Å². The Bertz CT molecular complexity index is 1080. The zero-order valence-electron chi connectivity index (χ0n) is 17.6. The summed E-state index contributed by atoms with van der Waals surface area (Å²) in [4.78, 5) is 26.7. The smallest absolute Gasteiger partial charge is 0.266 e. The Labute approximate surface area is 180 Å². The number of benzene rings is 1. The Morgan fingerprint density at radius 3 is 2.50 bits per heavy atom. The molecule has 1 aliphatic carbocycles. The van der Waals surface area contributed by atoms with Gasteiger partial charge in [-0.3, -0.25) is 9.59 Å². The molecule has 1 amide bonds. The summed E-state index contributed by atoms with van der Waals surface area (Å²) >= 11 is 1.59. The molecule has 4 rings (SSSR count). The lowest BCUT2D eigenvalue weighted by molar-refractivity contribution is -0.124. The SMILES string of the molecule is Cc1ccc(C2(C(=O)N[C@H](Cn3nc(-c4cccs4)ccc3=O)C(C)C)CC2)cc1. The number of nitrogens with zero attached hydrogens (tertiary/aromatic N) is 2. The van der Waals surface area contributed by atoms with Crippen LogP contribution in [-0.4, -0.2) is 21.7 Å². The summed E-state index contributed by atoms with van der Waals surface area (Å²) < 4.78 is 1.48. The maximum absolute atomic E-state index is 13.2. The molecule has 156 valence electrons. The van der Waals surface area contributed by atoms with E-state index in [4.69, 9.17) is 0 Å². The highest BCUT2D eigenvalue weighted by molar-refractivity contribution is 7.13. The van der Waals surface area contributed by atoms with Gasteiger partial charge in [0, 0.05) is 6.07 Å². The zero-order valence-corrected chi connectivity index (χ0v) is 18.4. The summed E-state index contributed by atoms with van der Waals surface area (Å²) in [7, 11) is 0. The molecule has 1 N–H and O–H groups in total. The van der Waals surface area contributed by atoms with Crippen molar-refractivity contribution in [3.63, 3.8) is 0 Å². The predicted molar refractivity (Wildman–Crippen MR) is 121 cm³/mol. The van der Waals surface area contributed by atoms with Gasteiger partial charge in [0.2, 0.25) is 5.91 Å². The second kappa shape index (κ2) is 8.19. The van der Waals surface area contributed by atoms with E-state index >= 15 is 0 Å². The van der Waals surface area contributed by atoms with Gasteiger partial charge in [0.25, 0.3) is 5.56 Å². The van der Waals surface area contributed by atoms with E-state index in [1.54, 1.807) is 23.5 Å². The number of hydrogen-bond donors (Lipinski definition) is 1. The van der Waals surface area contributed by atoms with Crippen LogP contribution in [0.1, 0.15) is 37.8 Å². The van der Waals surface area contributed by atoms with Crippen LogP contribution in [0.15, 0.2) is 58.7 Å². The number of amides is 1. The predicted octanol–water partition coefficient (Wildman–Crippen LogP) is 4.15. The number of hydrogen-bond acceptors (Lipinski definition) is 4. The lowest BCUT2D eigenvalue weighted by atomic mass is 9.93. The van der Waals surface area contributed by atoms with Crippen LogP contribution in [0.4, 0.5) is 0 Å². The summed E-state index contributed by atoms with van der Waals surface area (Å²) in [6.07, 6.45) is 1.72. The largest absolute Gasteiger partial charge is 0.350 e. The number of rotatable bonds is 7. The molecule has 1 saturated carbocycles. The second-order valence-electron chi connectivity index (χ2n) is 8.49. The number of nitrogens with one attached hydrogen (secondary N) is 1. The Morgan fingerprint density at radius 1 is 1.17 bits per heavy atom. The third-order valence-electron chi connectivity index (χ3n) is 5.92. The van der Waals surface area contributed by atoms with E-state index in [-0.39, 0.29) is 23.4 Å². The molecule has 1 atom stereocenters. The van der Waals surface area contributed by atoms with Crippen molar-refractivity contribution in [2.24, 2.45) is 5.92 Å². The third kappa shape index (κ3) is 4.10. The highest BCUT2D eigenvalue weighted by Crippen LogP contribution is 2.48. The number of aromatic nitrogens is 2. The Kier molecular flexibility index (Phi) is 5.60. The Hall–Kier alpha value is -2.73. The van der Waals surface area contributed by atoms with Crippen molar-refractivity contribution in [1.82, 2.24) is 15.1 Å². The van der Waals surface area contributed by atoms with Gasteiger partial charge in [0.1, 0.15) is 5.69 Å². The van der Waals surface area contributed by atoms with Gasteiger partial charge in [0.15, 0.2) is 0 Å². The summed E-state index contributed by atoms with van der Waals surface area (Å²) in [6.45, 7) is 6.52. The summed E-state index contributed by atoms with van der Waals surface area (Å²) in [6, 6.07) is 15.3. The van der Waals surface area contributed by atoms with Crippen molar-refractivity contribution in [1.29, 1.82) is 0 Å². The Morgan fingerprint density at radius 2 is 1.90 bits per heavy atom. The van der Waals surface area contributed by atoms with Crippen molar-refractivity contribution >= 4 is 17.2 Å². The molecule has 2 heterocycles. The number of carbonyl (C=O) groups is 1. The number of aryl methyl sites for hydroxylation is 1. The minimum Gasteiger partial charge on any atom is -0.350 e. The molecule has 1 aliphatic rings. The van der Waals surface area contributed by atoms with Crippen LogP contribution < -0.4 is 10.9 Å². The van der Waals surface area contributed by atoms with E-state index in [0.717, 1.165) is 29.0 Å². The van der Waals surface area contributed by atoms with E-state index in [1.165, 1.54) is 10.2 Å². The Balaban J connectivity index is 1.54. The normalized spacial score (nSPS) is 15.7. The summed E-state index contributed by atoms with van der Waals surface area (Å²) in [5, 5.41) is 9.77. The van der Waals surface area contributed by atoms with Crippen LogP contribution in [-0.2, 0) is 16.8 Å². The first-order valence-electron chi connectivity index (χ1n) is 10.4. The minimum atomic E-state index is -0.432. The summed E-state index contributed by atoms with van der Waals surface area (Å²) in [5.74, 6) is 0.217. The second-order valence-corrected chi connectivity index (χ2v) is 9.44. The van der Waals surface area contributed by atoms with Gasteiger partial charge in [-0.15, -0.1) is 11.3 Å². The van der Waals surface area contributed by atoms with Gasteiger partial charge in [0.05, 0.1) is 22.9 Å². The molecule has 0 radical (unpaired) electrons. The molecule has 2 aromatic heterocycles. The lowest BCUT2D eigenvalue weighted by Crippen LogP contribution is -2.47. The molecular weight excluding hydrogens is 394 g/mol. The molecule has 0 unspecified atom stereocenters. The fraction of sp³-hybridized carbons (Fsp3) is 0.375. The fourth-order valence-electron chi connectivity index (χ4n) is 3.70. The molecule has 6 heteroatoms. The van der Waals surface area contributed by atoms with Gasteiger partial charge in [-0.2, -0.15) is 5.10 Å². The van der Waals surface area contributed by atoms with Crippen molar-refractivity contribution in [3.8, 4) is 10.6 Å². The van der Waals surface area contributed by atoms with Crippen molar-refractivity contribution in [2.45, 2.75) is 51.6 Å². The zero-order chi connectivity index (χ0) is 21.3. The van der Waals surface area contributed by atoms with Gasteiger partial charge in [-0.1, -0.05) is 49.7 Å². The van der Waals surface area contributed by atoms with Crippen LogP contribution in [0.25, 0.3) is 10.6 Å². The highest BCUT2D eigenvalue weighted by atomic mass is 32.1. The van der Waals surface area contributed by atoms with Crippen LogP contribution in [0.3, 0.4) is 0 Å². The van der Waals surface area contributed by atoms with E-state index in [9.17, 15) is 9.59 Å². The maximum Gasteiger partial charge on any atom is 0.266 e. The van der Waals surface area contributed by atoms with E-state index in [2.05, 4.69) is 48.5 Å². The highest BCUT2D eigenvalue weighted by Gasteiger charge is 2.51. The first kappa shape index (κ1) is 20.5. The van der Waals surface area contributed by atoms with E-state index in [1.807, 2.05) is 24.4 Å². The third-order valence-corrected chi connectivity index (χ3v) is 6.81. The van der Waals surface area contributed by atoms with Gasteiger partial charge in [-0.05, 0) is 48.8 Å². The quantitative estimate of drug-likeness (QED) is 0.623. The molecule has 3 aromatic rings. The molecule has 30 heavy (non-hydrogen) atoms. The summed E-state index contributed by atoms with van der Waals surface area (Å²) in [5.41, 5.74) is 2.44. The van der Waals surface area contributed by atoms with Crippen LogP contribution in [0.2, 0.25) is 0 Å². The fourth-order valence-corrected chi connectivity index (χ4v) is 4.39. The average molecular weight is 422 g/mol.